The monoisotopic (exact) mass is 231 g/mol. The third-order valence-corrected chi connectivity index (χ3v) is 2.48. The Kier molecular flexibility index (Phi) is 2.91. The zero-order chi connectivity index (χ0) is 12.4. The van der Waals surface area contributed by atoms with E-state index < -0.39 is 5.97 Å². The van der Waals surface area contributed by atoms with E-state index >= 15 is 0 Å². The number of aromatic nitrogens is 3. The number of nitrogens with zero attached hydrogens (tertiary/aromatic N) is 3. The van der Waals surface area contributed by atoms with E-state index in [1.54, 1.807) is 13.2 Å². The van der Waals surface area contributed by atoms with E-state index in [1.807, 2.05) is 25.1 Å². The largest absolute Gasteiger partial charge is 0.464 e. The predicted octanol–water partition coefficient (Wildman–Crippen LogP) is 1.58. The molecule has 0 saturated heterocycles. The molecule has 0 saturated carbocycles. The van der Waals surface area contributed by atoms with Crippen LogP contribution in [0.1, 0.15) is 16.2 Å². The predicted molar refractivity (Wildman–Crippen MR) is 62.5 cm³/mol. The minimum Gasteiger partial charge on any atom is -0.464 e. The van der Waals surface area contributed by atoms with Crippen molar-refractivity contribution in [3.8, 4) is 11.3 Å². The van der Waals surface area contributed by atoms with Crippen LogP contribution < -0.4 is 0 Å². The summed E-state index contributed by atoms with van der Waals surface area (Å²) in [6.45, 7) is 1.90. The summed E-state index contributed by atoms with van der Waals surface area (Å²) in [5.74, 6) is -0.414. The van der Waals surface area contributed by atoms with Gasteiger partial charge in [0.1, 0.15) is 0 Å². The first-order valence-electron chi connectivity index (χ1n) is 5.18. The topological polar surface area (TPSA) is 57.0 Å². The Morgan fingerprint density at radius 1 is 1.41 bits per heavy atom. The van der Waals surface area contributed by atoms with Crippen molar-refractivity contribution in [3.63, 3.8) is 0 Å². The van der Waals surface area contributed by atoms with Crippen LogP contribution in [0.4, 0.5) is 0 Å². The summed E-state index contributed by atoms with van der Waals surface area (Å²) < 4.78 is 6.23. The minimum absolute atomic E-state index is 0.408. The fourth-order valence-corrected chi connectivity index (χ4v) is 1.66. The molecule has 0 aromatic carbocycles. The first-order valence-corrected chi connectivity index (χ1v) is 5.18. The first-order chi connectivity index (χ1) is 8.13. The van der Waals surface area contributed by atoms with Crippen LogP contribution in [0.5, 0.6) is 0 Å². The van der Waals surface area contributed by atoms with E-state index in [4.69, 9.17) is 4.74 Å². The van der Waals surface area contributed by atoms with Gasteiger partial charge in [-0.2, -0.15) is 5.10 Å². The molecule has 17 heavy (non-hydrogen) atoms. The number of esters is 1. The number of aryl methyl sites for hydroxylation is 2. The number of rotatable bonds is 2. The van der Waals surface area contributed by atoms with E-state index in [9.17, 15) is 4.79 Å². The molecule has 0 spiro atoms. The smallest absolute Gasteiger partial charge is 0.357 e. The van der Waals surface area contributed by atoms with Gasteiger partial charge in [-0.1, -0.05) is 6.07 Å². The number of carbonyl (C=O) groups excluding carboxylic acids is 1. The van der Waals surface area contributed by atoms with E-state index in [1.165, 1.54) is 11.8 Å². The van der Waals surface area contributed by atoms with Gasteiger partial charge >= 0.3 is 5.97 Å². The van der Waals surface area contributed by atoms with E-state index in [2.05, 4.69) is 10.1 Å². The van der Waals surface area contributed by atoms with Crippen LogP contribution in [-0.2, 0) is 11.8 Å². The maximum absolute atomic E-state index is 11.7. The Morgan fingerprint density at radius 2 is 2.18 bits per heavy atom. The summed E-state index contributed by atoms with van der Waals surface area (Å²) in [7, 11) is 3.05. The van der Waals surface area contributed by atoms with Gasteiger partial charge in [0.25, 0.3) is 0 Å². The second-order valence-corrected chi connectivity index (χ2v) is 3.69. The van der Waals surface area contributed by atoms with Gasteiger partial charge in [0.15, 0.2) is 5.69 Å². The molecule has 2 aromatic heterocycles. The molecule has 2 aromatic rings. The molecule has 0 atom stereocenters. The molecule has 2 rings (SSSR count). The summed E-state index contributed by atoms with van der Waals surface area (Å²) in [5.41, 5.74) is 2.70. The Balaban J connectivity index is 2.57. The standard InChI is InChI=1S/C12H13N3O2/c1-8-5-4-6-10(14-8)9-7-13-15(2)11(9)12(16)17-3/h4-7H,1-3H3. The van der Waals surface area contributed by atoms with Crippen molar-refractivity contribution in [1.82, 2.24) is 14.8 Å². The highest BCUT2D eigenvalue weighted by Gasteiger charge is 2.19. The SMILES string of the molecule is COC(=O)c1c(-c2cccc(C)n2)cnn1C. The van der Waals surface area contributed by atoms with Crippen molar-refractivity contribution in [3.05, 3.63) is 35.8 Å². The zero-order valence-corrected chi connectivity index (χ0v) is 9.97. The van der Waals surface area contributed by atoms with Gasteiger partial charge in [-0.15, -0.1) is 0 Å². The van der Waals surface area contributed by atoms with Crippen LogP contribution >= 0.6 is 0 Å². The molecule has 0 aliphatic carbocycles. The molecular formula is C12H13N3O2. The van der Waals surface area contributed by atoms with Gasteiger partial charge in [-0.25, -0.2) is 4.79 Å². The fraction of sp³-hybridized carbons (Fsp3) is 0.250. The number of ether oxygens (including phenoxy) is 1. The van der Waals surface area contributed by atoms with Crippen LogP contribution in [-0.4, -0.2) is 27.8 Å². The quantitative estimate of drug-likeness (QED) is 0.736. The Labute approximate surface area is 99.1 Å². The lowest BCUT2D eigenvalue weighted by Gasteiger charge is -2.04. The molecular weight excluding hydrogens is 218 g/mol. The number of methoxy groups -OCH3 is 1. The number of pyridine rings is 1. The molecule has 5 nitrogen and oxygen atoms in total. The summed E-state index contributed by atoms with van der Waals surface area (Å²) >= 11 is 0. The molecule has 0 radical (unpaired) electrons. The van der Waals surface area contributed by atoms with Gasteiger partial charge in [-0.05, 0) is 19.1 Å². The number of carbonyl (C=O) groups is 1. The van der Waals surface area contributed by atoms with Crippen LogP contribution in [0.15, 0.2) is 24.4 Å². The Hall–Kier alpha value is -2.17. The molecule has 0 unspecified atom stereocenters. The van der Waals surface area contributed by atoms with E-state index in [0.29, 0.717) is 11.3 Å². The number of hydrogen-bond donors (Lipinski definition) is 0. The van der Waals surface area contributed by atoms with Crippen LogP contribution in [0.3, 0.4) is 0 Å². The third-order valence-electron chi connectivity index (χ3n) is 2.48. The fourth-order valence-electron chi connectivity index (χ4n) is 1.66. The Bertz CT molecular complexity index is 561. The molecule has 2 heterocycles. The van der Waals surface area contributed by atoms with Crippen molar-refractivity contribution < 1.29 is 9.53 Å². The molecule has 0 N–H and O–H groups in total. The molecule has 0 amide bonds. The van der Waals surface area contributed by atoms with Crippen LogP contribution in [0.25, 0.3) is 11.3 Å². The maximum atomic E-state index is 11.7. The average molecular weight is 231 g/mol. The van der Waals surface area contributed by atoms with Gasteiger partial charge < -0.3 is 4.74 Å². The van der Waals surface area contributed by atoms with Crippen molar-refractivity contribution in [1.29, 1.82) is 0 Å². The zero-order valence-electron chi connectivity index (χ0n) is 9.97. The second kappa shape index (κ2) is 4.37. The molecule has 0 fully saturated rings. The van der Waals surface area contributed by atoms with Crippen molar-refractivity contribution in [2.75, 3.05) is 7.11 Å². The highest BCUT2D eigenvalue weighted by Crippen LogP contribution is 2.21. The lowest BCUT2D eigenvalue weighted by atomic mass is 10.1. The summed E-state index contributed by atoms with van der Waals surface area (Å²) in [5, 5.41) is 4.07. The number of hydrogen-bond acceptors (Lipinski definition) is 4. The summed E-state index contributed by atoms with van der Waals surface area (Å²) in [6.07, 6.45) is 1.62. The second-order valence-electron chi connectivity index (χ2n) is 3.69. The molecule has 0 aliphatic heterocycles. The lowest BCUT2D eigenvalue weighted by molar-refractivity contribution is 0.0589. The average Bonchev–Trinajstić information content (AvgIpc) is 2.70. The summed E-state index contributed by atoms with van der Waals surface area (Å²) in [6, 6.07) is 5.64. The summed E-state index contributed by atoms with van der Waals surface area (Å²) in [4.78, 5) is 16.0. The van der Waals surface area contributed by atoms with Crippen LogP contribution in [0.2, 0.25) is 0 Å². The van der Waals surface area contributed by atoms with E-state index in [-0.39, 0.29) is 0 Å². The Morgan fingerprint density at radius 3 is 2.82 bits per heavy atom. The maximum Gasteiger partial charge on any atom is 0.357 e. The van der Waals surface area contributed by atoms with Crippen molar-refractivity contribution in [2.45, 2.75) is 6.92 Å². The third kappa shape index (κ3) is 2.04. The van der Waals surface area contributed by atoms with Gasteiger partial charge in [-0.3, -0.25) is 9.67 Å². The normalized spacial score (nSPS) is 10.3. The van der Waals surface area contributed by atoms with E-state index in [0.717, 1.165) is 11.4 Å². The molecule has 88 valence electrons. The van der Waals surface area contributed by atoms with Gasteiger partial charge in [0.2, 0.25) is 0 Å². The van der Waals surface area contributed by atoms with Gasteiger partial charge in [0, 0.05) is 12.7 Å². The van der Waals surface area contributed by atoms with Crippen LogP contribution in [0, 0.1) is 6.92 Å². The minimum atomic E-state index is -0.414. The van der Waals surface area contributed by atoms with Gasteiger partial charge in [0.05, 0.1) is 24.6 Å². The molecule has 0 bridgehead atoms. The molecule has 5 heteroatoms. The molecule has 0 aliphatic rings. The van der Waals surface area contributed by atoms with Crippen molar-refractivity contribution in [2.24, 2.45) is 7.05 Å². The lowest BCUT2D eigenvalue weighted by Crippen LogP contribution is -2.10. The highest BCUT2D eigenvalue weighted by atomic mass is 16.5. The first kappa shape index (κ1) is 11.3. The highest BCUT2D eigenvalue weighted by molar-refractivity contribution is 5.94. The van der Waals surface area contributed by atoms with Crippen molar-refractivity contribution >= 4 is 5.97 Å².